The van der Waals surface area contributed by atoms with Crippen LogP contribution in [0.4, 0.5) is 11.4 Å². The van der Waals surface area contributed by atoms with Gasteiger partial charge in [-0.15, -0.1) is 0 Å². The predicted molar refractivity (Wildman–Crippen MR) is 67.2 cm³/mol. The molecule has 106 valence electrons. The highest BCUT2D eigenvalue weighted by Crippen LogP contribution is 2.31. The molecule has 0 saturated carbocycles. The van der Waals surface area contributed by atoms with Crippen molar-refractivity contribution in [3.05, 3.63) is 33.9 Å². The van der Waals surface area contributed by atoms with Crippen molar-refractivity contribution in [2.75, 3.05) is 11.4 Å². The summed E-state index contributed by atoms with van der Waals surface area (Å²) in [6, 6.07) is 4.20. The maximum absolute atomic E-state index is 11.8. The molecule has 9 heteroatoms. The number of anilines is 1. The first-order valence-electron chi connectivity index (χ1n) is 5.76. The maximum Gasteiger partial charge on any atom is 0.328 e. The molecule has 2 rings (SSSR count). The van der Waals surface area contributed by atoms with Gasteiger partial charge in [0, 0.05) is 24.4 Å². The van der Waals surface area contributed by atoms with E-state index >= 15 is 0 Å². The lowest BCUT2D eigenvalue weighted by Crippen LogP contribution is -2.32. The molecule has 0 fully saturated rings. The molecule has 3 N–H and O–H groups in total. The number of nitro benzene ring substituents is 1. The Hall–Kier alpha value is -2.52. The van der Waals surface area contributed by atoms with Crippen molar-refractivity contribution >= 4 is 23.3 Å². The third kappa shape index (κ3) is 2.73. The minimum absolute atomic E-state index is 0.0353. The Morgan fingerprint density at radius 3 is 2.95 bits per heavy atom. The number of hydrogen-bond acceptors (Lipinski definition) is 7. The summed E-state index contributed by atoms with van der Waals surface area (Å²) < 4.78 is 0. The monoisotopic (exact) mass is 280 g/mol. The number of carbonyl (C=O) groups is 2. The van der Waals surface area contributed by atoms with Gasteiger partial charge in [-0.1, -0.05) is 5.59 Å². The molecule has 0 saturated heterocycles. The zero-order valence-corrected chi connectivity index (χ0v) is 10.4. The second-order valence-corrected chi connectivity index (χ2v) is 4.13. The Bertz CT molecular complexity index is 574. The summed E-state index contributed by atoms with van der Waals surface area (Å²) in [5, 5.41) is 10.7. The van der Waals surface area contributed by atoms with Crippen LogP contribution in [-0.2, 0) is 20.8 Å². The molecule has 9 nitrogen and oxygen atoms in total. The van der Waals surface area contributed by atoms with Crippen molar-refractivity contribution < 1.29 is 19.3 Å². The standard InChI is InChI=1S/C11H12N4O5/c12-13-20-11(17)3-4-14-9-2-1-8(15(18)19)5-7(9)6-10(14)16/h1-2,5,13H,3-4,6,12H2. The lowest BCUT2D eigenvalue weighted by molar-refractivity contribution is -0.384. The minimum Gasteiger partial charge on any atom is -0.356 e. The molecule has 1 aromatic rings. The lowest BCUT2D eigenvalue weighted by atomic mass is 10.1. The zero-order valence-electron chi connectivity index (χ0n) is 10.4. The number of rotatable bonds is 5. The van der Waals surface area contributed by atoms with Gasteiger partial charge in [-0.3, -0.25) is 19.7 Å². The number of benzene rings is 1. The number of nitro groups is 1. The van der Waals surface area contributed by atoms with E-state index < -0.39 is 10.9 Å². The first-order valence-corrected chi connectivity index (χ1v) is 5.76. The van der Waals surface area contributed by atoms with E-state index in [4.69, 9.17) is 5.84 Å². The highest BCUT2D eigenvalue weighted by molar-refractivity contribution is 6.02. The number of hydrazine groups is 1. The van der Waals surface area contributed by atoms with Gasteiger partial charge in [-0.2, -0.15) is 0 Å². The fourth-order valence-corrected chi connectivity index (χ4v) is 2.05. The van der Waals surface area contributed by atoms with Crippen LogP contribution in [0.3, 0.4) is 0 Å². The van der Waals surface area contributed by atoms with E-state index in [9.17, 15) is 19.7 Å². The maximum atomic E-state index is 11.8. The third-order valence-corrected chi connectivity index (χ3v) is 2.92. The highest BCUT2D eigenvalue weighted by atomic mass is 16.7. The van der Waals surface area contributed by atoms with Gasteiger partial charge >= 0.3 is 5.97 Å². The number of nitrogens with two attached hydrogens (primary N) is 1. The number of carbonyl (C=O) groups excluding carboxylic acids is 2. The van der Waals surface area contributed by atoms with Crippen LogP contribution in [0.2, 0.25) is 0 Å². The van der Waals surface area contributed by atoms with Crippen molar-refractivity contribution in [2.45, 2.75) is 12.8 Å². The average Bonchev–Trinajstić information content (AvgIpc) is 2.71. The van der Waals surface area contributed by atoms with E-state index in [0.717, 1.165) is 0 Å². The number of non-ortho nitro benzene ring substituents is 1. The molecule has 1 amide bonds. The molecule has 0 aliphatic carbocycles. The van der Waals surface area contributed by atoms with Crippen LogP contribution in [0.1, 0.15) is 12.0 Å². The Morgan fingerprint density at radius 2 is 2.30 bits per heavy atom. The number of nitrogens with zero attached hydrogens (tertiary/aromatic N) is 2. The molecule has 0 spiro atoms. The fourth-order valence-electron chi connectivity index (χ4n) is 2.05. The van der Waals surface area contributed by atoms with Gasteiger partial charge in [-0.05, 0) is 11.6 Å². The number of fused-ring (bicyclic) bond motifs is 1. The molecule has 0 unspecified atom stereocenters. The summed E-state index contributed by atoms with van der Waals surface area (Å²) in [4.78, 5) is 38.9. The number of amides is 1. The largest absolute Gasteiger partial charge is 0.356 e. The smallest absolute Gasteiger partial charge is 0.328 e. The van der Waals surface area contributed by atoms with E-state index in [1.165, 1.54) is 23.1 Å². The molecule has 1 aliphatic rings. The molecule has 0 bridgehead atoms. The summed E-state index contributed by atoms with van der Waals surface area (Å²) in [6.45, 7) is 0.129. The van der Waals surface area contributed by atoms with Crippen molar-refractivity contribution in [3.8, 4) is 0 Å². The number of hydrogen-bond donors (Lipinski definition) is 2. The molecule has 0 atom stereocenters. The van der Waals surface area contributed by atoms with Crippen LogP contribution in [0, 0.1) is 10.1 Å². The molecular weight excluding hydrogens is 268 g/mol. The minimum atomic E-state index is -0.601. The Morgan fingerprint density at radius 1 is 1.55 bits per heavy atom. The van der Waals surface area contributed by atoms with Gasteiger partial charge in [0.25, 0.3) is 5.69 Å². The Balaban J connectivity index is 2.12. The van der Waals surface area contributed by atoms with Crippen LogP contribution in [0.25, 0.3) is 0 Å². The molecule has 1 aliphatic heterocycles. The van der Waals surface area contributed by atoms with Crippen LogP contribution in [-0.4, -0.2) is 23.3 Å². The van der Waals surface area contributed by atoms with Crippen LogP contribution < -0.4 is 16.3 Å². The van der Waals surface area contributed by atoms with Crippen molar-refractivity contribution in [1.82, 2.24) is 5.59 Å². The summed E-state index contributed by atoms with van der Waals surface area (Å²) in [5.74, 6) is 4.01. The third-order valence-electron chi connectivity index (χ3n) is 2.92. The summed E-state index contributed by atoms with van der Waals surface area (Å²) >= 11 is 0. The number of nitrogens with one attached hydrogen (secondary N) is 1. The van der Waals surface area contributed by atoms with Gasteiger partial charge in [0.05, 0.1) is 17.8 Å². The van der Waals surface area contributed by atoms with Crippen molar-refractivity contribution in [1.29, 1.82) is 0 Å². The van der Waals surface area contributed by atoms with Gasteiger partial charge in [0.2, 0.25) is 5.91 Å². The lowest BCUT2D eigenvalue weighted by Gasteiger charge is -2.16. The molecule has 1 aromatic carbocycles. The first-order chi connectivity index (χ1) is 9.52. The van der Waals surface area contributed by atoms with E-state index in [1.807, 2.05) is 0 Å². The second-order valence-electron chi connectivity index (χ2n) is 4.13. The SMILES string of the molecule is NNOC(=O)CCN1C(=O)Cc2cc([N+](=O)[O-])ccc21. The first kappa shape index (κ1) is 13.9. The van der Waals surface area contributed by atoms with E-state index in [0.29, 0.717) is 11.3 Å². The van der Waals surface area contributed by atoms with Gasteiger partial charge in [-0.25, -0.2) is 5.84 Å². The predicted octanol–water partition coefficient (Wildman–Crippen LogP) is -0.204. The topological polar surface area (TPSA) is 128 Å². The van der Waals surface area contributed by atoms with E-state index in [1.54, 1.807) is 5.59 Å². The normalized spacial score (nSPS) is 13.2. The highest BCUT2D eigenvalue weighted by Gasteiger charge is 2.29. The van der Waals surface area contributed by atoms with Crippen LogP contribution in [0.5, 0.6) is 0 Å². The van der Waals surface area contributed by atoms with Gasteiger partial charge in [0.1, 0.15) is 0 Å². The molecule has 0 radical (unpaired) electrons. The quantitative estimate of drug-likeness (QED) is 0.434. The van der Waals surface area contributed by atoms with Gasteiger partial charge in [0.15, 0.2) is 0 Å². The molecule has 1 heterocycles. The Labute approximate surface area is 113 Å². The second kappa shape index (κ2) is 5.63. The van der Waals surface area contributed by atoms with Gasteiger partial charge < -0.3 is 9.74 Å². The molecule has 20 heavy (non-hydrogen) atoms. The zero-order chi connectivity index (χ0) is 14.7. The van der Waals surface area contributed by atoms with E-state index in [-0.39, 0.29) is 31.0 Å². The Kier molecular flexibility index (Phi) is 3.91. The summed E-state index contributed by atoms with van der Waals surface area (Å²) in [5.41, 5.74) is 2.86. The van der Waals surface area contributed by atoms with Crippen LogP contribution in [0.15, 0.2) is 18.2 Å². The van der Waals surface area contributed by atoms with Crippen LogP contribution >= 0.6 is 0 Å². The molecule has 0 aromatic heterocycles. The van der Waals surface area contributed by atoms with E-state index in [2.05, 4.69) is 4.84 Å². The fraction of sp³-hybridized carbons (Fsp3) is 0.273. The summed E-state index contributed by atoms with van der Waals surface area (Å²) in [7, 11) is 0. The van der Waals surface area contributed by atoms with Crippen molar-refractivity contribution in [2.24, 2.45) is 5.84 Å². The average molecular weight is 280 g/mol. The van der Waals surface area contributed by atoms with Crippen molar-refractivity contribution in [3.63, 3.8) is 0 Å². The summed E-state index contributed by atoms with van der Waals surface area (Å²) in [6.07, 6.45) is 0.0492. The molecular formula is C11H12N4O5.